The fraction of sp³-hybridized carbons (Fsp3) is 0.348. The van der Waals surface area contributed by atoms with Gasteiger partial charge in [0.25, 0.3) is 0 Å². The summed E-state index contributed by atoms with van der Waals surface area (Å²) in [6.45, 7) is 7.08. The number of hydrogen-bond donors (Lipinski definition) is 1. The zero-order valence-corrected chi connectivity index (χ0v) is 18.3. The van der Waals surface area contributed by atoms with Gasteiger partial charge in [-0.1, -0.05) is 36.0 Å². The van der Waals surface area contributed by atoms with Crippen LogP contribution in [0.3, 0.4) is 0 Å². The molecule has 0 spiro atoms. The quantitative estimate of drug-likeness (QED) is 0.579. The number of likely N-dealkylation sites (tertiary alicyclic amines) is 1. The Hall–Kier alpha value is -2.64. The van der Waals surface area contributed by atoms with Crippen molar-refractivity contribution in [2.45, 2.75) is 38.4 Å². The van der Waals surface area contributed by atoms with Gasteiger partial charge in [0, 0.05) is 11.4 Å². The van der Waals surface area contributed by atoms with E-state index in [1.807, 2.05) is 43.3 Å². The van der Waals surface area contributed by atoms with Crippen LogP contribution in [0.15, 0.2) is 53.7 Å². The third-order valence-corrected chi connectivity index (χ3v) is 6.33. The van der Waals surface area contributed by atoms with Crippen molar-refractivity contribution in [2.75, 3.05) is 24.2 Å². The highest BCUT2D eigenvalue weighted by Crippen LogP contribution is 2.24. The molecule has 0 aliphatic carbocycles. The Bertz CT molecular complexity index is 1010. The van der Waals surface area contributed by atoms with Gasteiger partial charge in [0.1, 0.15) is 0 Å². The van der Waals surface area contributed by atoms with Crippen molar-refractivity contribution < 1.29 is 4.79 Å². The minimum atomic E-state index is -0.0491. The normalized spacial score (nSPS) is 14.2. The molecule has 3 aromatic rings. The van der Waals surface area contributed by atoms with Crippen molar-refractivity contribution in [1.82, 2.24) is 19.7 Å². The van der Waals surface area contributed by atoms with E-state index in [9.17, 15) is 4.79 Å². The molecule has 0 unspecified atom stereocenters. The summed E-state index contributed by atoms with van der Waals surface area (Å²) in [4.78, 5) is 14.9. The van der Waals surface area contributed by atoms with Gasteiger partial charge in [-0.15, -0.1) is 10.2 Å². The van der Waals surface area contributed by atoms with Gasteiger partial charge in [-0.2, -0.15) is 0 Å². The highest BCUT2D eigenvalue weighted by Gasteiger charge is 2.20. The van der Waals surface area contributed by atoms with Crippen molar-refractivity contribution in [1.29, 1.82) is 0 Å². The SMILES string of the molecule is Cc1ccc(NC(=O)CSc2nnc(CN3CCCC3)n2-c2ccccc2)cc1C. The number of thioether (sulfide) groups is 1. The Morgan fingerprint density at radius 1 is 1.03 bits per heavy atom. The molecular formula is C23H27N5OS. The number of benzene rings is 2. The maximum atomic E-state index is 12.5. The Labute approximate surface area is 181 Å². The molecule has 7 heteroatoms. The monoisotopic (exact) mass is 421 g/mol. The van der Waals surface area contributed by atoms with Crippen LogP contribution in [0.1, 0.15) is 29.8 Å². The number of rotatable bonds is 7. The van der Waals surface area contributed by atoms with Gasteiger partial charge in [0.05, 0.1) is 12.3 Å². The minimum absolute atomic E-state index is 0.0491. The second-order valence-corrected chi connectivity index (χ2v) is 8.63. The maximum absolute atomic E-state index is 12.5. The Balaban J connectivity index is 1.48. The average molecular weight is 422 g/mol. The maximum Gasteiger partial charge on any atom is 0.234 e. The zero-order chi connectivity index (χ0) is 20.9. The third kappa shape index (κ3) is 4.91. The van der Waals surface area contributed by atoms with E-state index in [0.29, 0.717) is 0 Å². The second kappa shape index (κ2) is 9.45. The standard InChI is InChI=1S/C23H27N5OS/c1-17-10-11-19(14-18(17)2)24-22(29)16-30-23-26-25-21(15-27-12-6-7-13-27)28(23)20-8-4-3-5-9-20/h3-5,8-11,14H,6-7,12-13,15-16H2,1-2H3,(H,24,29). The lowest BCUT2D eigenvalue weighted by atomic mass is 10.1. The predicted molar refractivity (Wildman–Crippen MR) is 121 cm³/mol. The molecule has 1 aromatic heterocycles. The summed E-state index contributed by atoms with van der Waals surface area (Å²) >= 11 is 1.41. The molecule has 1 amide bonds. The van der Waals surface area contributed by atoms with Gasteiger partial charge in [0.2, 0.25) is 5.91 Å². The number of para-hydroxylation sites is 1. The molecule has 1 N–H and O–H groups in total. The van der Waals surface area contributed by atoms with E-state index in [4.69, 9.17) is 0 Å². The lowest BCUT2D eigenvalue weighted by Crippen LogP contribution is -2.21. The van der Waals surface area contributed by atoms with Crippen LogP contribution >= 0.6 is 11.8 Å². The first-order chi connectivity index (χ1) is 14.6. The number of amides is 1. The number of aromatic nitrogens is 3. The number of carbonyl (C=O) groups excluding carboxylic acids is 1. The average Bonchev–Trinajstić information content (AvgIpc) is 3.40. The summed E-state index contributed by atoms with van der Waals surface area (Å²) in [6, 6.07) is 16.1. The molecule has 2 heterocycles. The Kier molecular flexibility index (Phi) is 6.50. The number of anilines is 1. The molecule has 0 saturated carbocycles. The molecule has 6 nitrogen and oxygen atoms in total. The molecule has 1 saturated heterocycles. The number of nitrogens with one attached hydrogen (secondary N) is 1. The number of nitrogens with zero attached hydrogens (tertiary/aromatic N) is 4. The van der Waals surface area contributed by atoms with Gasteiger partial charge >= 0.3 is 0 Å². The predicted octanol–water partition coefficient (Wildman–Crippen LogP) is 4.21. The van der Waals surface area contributed by atoms with Crippen LogP contribution in [0.25, 0.3) is 5.69 Å². The molecule has 1 aliphatic rings. The highest BCUT2D eigenvalue weighted by molar-refractivity contribution is 7.99. The van der Waals surface area contributed by atoms with E-state index < -0.39 is 0 Å². The van der Waals surface area contributed by atoms with E-state index in [1.165, 1.54) is 30.2 Å². The summed E-state index contributed by atoms with van der Waals surface area (Å²) in [5, 5.41) is 12.6. The molecule has 2 aromatic carbocycles. The summed E-state index contributed by atoms with van der Waals surface area (Å²) in [6.07, 6.45) is 2.47. The van der Waals surface area contributed by atoms with Crippen LogP contribution in [0.4, 0.5) is 5.69 Å². The molecule has 4 rings (SSSR count). The van der Waals surface area contributed by atoms with Crippen LogP contribution in [0.5, 0.6) is 0 Å². The van der Waals surface area contributed by atoms with E-state index in [2.05, 4.69) is 44.0 Å². The highest BCUT2D eigenvalue weighted by atomic mass is 32.2. The molecule has 156 valence electrons. The van der Waals surface area contributed by atoms with Gasteiger partial charge < -0.3 is 5.32 Å². The zero-order valence-electron chi connectivity index (χ0n) is 17.5. The molecule has 30 heavy (non-hydrogen) atoms. The van der Waals surface area contributed by atoms with E-state index in [1.54, 1.807) is 0 Å². The second-order valence-electron chi connectivity index (χ2n) is 7.69. The van der Waals surface area contributed by atoms with Gasteiger partial charge in [-0.3, -0.25) is 14.3 Å². The lowest BCUT2D eigenvalue weighted by Gasteiger charge is -2.16. The summed E-state index contributed by atoms with van der Waals surface area (Å²) < 4.78 is 2.08. The lowest BCUT2D eigenvalue weighted by molar-refractivity contribution is -0.113. The Morgan fingerprint density at radius 3 is 2.53 bits per heavy atom. The van der Waals surface area contributed by atoms with E-state index in [0.717, 1.165) is 47.6 Å². The first kappa shape index (κ1) is 20.6. The van der Waals surface area contributed by atoms with Crippen molar-refractivity contribution in [2.24, 2.45) is 0 Å². The third-order valence-electron chi connectivity index (χ3n) is 5.40. The van der Waals surface area contributed by atoms with Crippen LogP contribution in [0.2, 0.25) is 0 Å². The van der Waals surface area contributed by atoms with Crippen molar-refractivity contribution in [3.05, 3.63) is 65.5 Å². The minimum Gasteiger partial charge on any atom is -0.325 e. The fourth-order valence-electron chi connectivity index (χ4n) is 3.62. The van der Waals surface area contributed by atoms with E-state index >= 15 is 0 Å². The molecule has 0 bridgehead atoms. The molecule has 1 aliphatic heterocycles. The molecule has 0 radical (unpaired) electrons. The smallest absolute Gasteiger partial charge is 0.234 e. The Morgan fingerprint density at radius 2 is 1.80 bits per heavy atom. The van der Waals surface area contributed by atoms with E-state index in [-0.39, 0.29) is 11.7 Å². The molecular weight excluding hydrogens is 394 g/mol. The van der Waals surface area contributed by atoms with Crippen LogP contribution in [-0.2, 0) is 11.3 Å². The molecule has 0 atom stereocenters. The van der Waals surface area contributed by atoms with Crippen molar-refractivity contribution >= 4 is 23.4 Å². The van der Waals surface area contributed by atoms with Crippen LogP contribution < -0.4 is 5.32 Å². The first-order valence-corrected chi connectivity index (χ1v) is 11.3. The number of aryl methyl sites for hydroxylation is 2. The van der Waals surface area contributed by atoms with Crippen LogP contribution in [0, 0.1) is 13.8 Å². The van der Waals surface area contributed by atoms with Crippen molar-refractivity contribution in [3.8, 4) is 5.69 Å². The van der Waals surface area contributed by atoms with Crippen LogP contribution in [-0.4, -0.2) is 44.4 Å². The summed E-state index contributed by atoms with van der Waals surface area (Å²) in [7, 11) is 0. The largest absolute Gasteiger partial charge is 0.325 e. The number of hydrogen-bond acceptors (Lipinski definition) is 5. The van der Waals surface area contributed by atoms with Gasteiger partial charge in [0.15, 0.2) is 11.0 Å². The van der Waals surface area contributed by atoms with Crippen molar-refractivity contribution in [3.63, 3.8) is 0 Å². The first-order valence-electron chi connectivity index (χ1n) is 10.3. The topological polar surface area (TPSA) is 63.1 Å². The summed E-state index contributed by atoms with van der Waals surface area (Å²) in [5.74, 6) is 1.15. The number of carbonyl (C=O) groups is 1. The molecule has 1 fully saturated rings. The van der Waals surface area contributed by atoms with Gasteiger partial charge in [-0.05, 0) is 75.2 Å². The fourth-order valence-corrected chi connectivity index (χ4v) is 4.39. The van der Waals surface area contributed by atoms with Gasteiger partial charge in [-0.25, -0.2) is 0 Å². The summed E-state index contributed by atoms with van der Waals surface area (Å²) in [5.41, 5.74) is 4.22.